The summed E-state index contributed by atoms with van der Waals surface area (Å²) in [7, 11) is 1.35. The van der Waals surface area contributed by atoms with Crippen LogP contribution in [0.5, 0.6) is 0 Å². The average Bonchev–Trinajstić information content (AvgIpc) is 2.34. The first kappa shape index (κ1) is 13.4. The van der Waals surface area contributed by atoms with Gasteiger partial charge in [0.1, 0.15) is 6.20 Å². The number of hydrogen-bond acceptors (Lipinski definition) is 6. The van der Waals surface area contributed by atoms with Gasteiger partial charge in [-0.2, -0.15) is 0 Å². The van der Waals surface area contributed by atoms with E-state index in [0.29, 0.717) is 17.9 Å². The lowest BCUT2D eigenvalue weighted by Gasteiger charge is -2.00. The van der Waals surface area contributed by atoms with Crippen LogP contribution in [0.25, 0.3) is 0 Å². The lowest BCUT2D eigenvalue weighted by Crippen LogP contribution is -2.00. The highest BCUT2D eigenvalue weighted by atomic mass is 32.2. The molecule has 0 aliphatic heterocycles. The standard InChI is InChI=1S/C10H12N2O4S/c1-16-10(13)3-2-6-17-9-5-4-8(7-11-9)12(14)15/h4-5,7H,2-3,6H2,1H3. The van der Waals surface area contributed by atoms with Crippen molar-refractivity contribution in [3.63, 3.8) is 0 Å². The van der Waals surface area contributed by atoms with Crippen molar-refractivity contribution in [3.05, 3.63) is 28.4 Å². The van der Waals surface area contributed by atoms with Crippen LogP contribution in [0.2, 0.25) is 0 Å². The number of hydrogen-bond donors (Lipinski definition) is 0. The Balaban J connectivity index is 2.32. The van der Waals surface area contributed by atoms with Gasteiger partial charge in [-0.25, -0.2) is 4.98 Å². The van der Waals surface area contributed by atoms with Crippen molar-refractivity contribution < 1.29 is 14.5 Å². The molecular formula is C10H12N2O4S. The molecule has 0 saturated carbocycles. The zero-order valence-electron chi connectivity index (χ0n) is 9.29. The van der Waals surface area contributed by atoms with Crippen LogP contribution in [0.3, 0.4) is 0 Å². The molecule has 7 heteroatoms. The molecule has 0 atom stereocenters. The van der Waals surface area contributed by atoms with Gasteiger partial charge in [0, 0.05) is 18.2 Å². The van der Waals surface area contributed by atoms with E-state index in [1.807, 2.05) is 0 Å². The van der Waals surface area contributed by atoms with Gasteiger partial charge < -0.3 is 4.74 Å². The second kappa shape index (κ2) is 6.85. The maximum atomic E-state index is 10.8. The molecule has 17 heavy (non-hydrogen) atoms. The van der Waals surface area contributed by atoms with Crippen molar-refractivity contribution >= 4 is 23.4 Å². The smallest absolute Gasteiger partial charge is 0.305 e. The Morgan fingerprint density at radius 3 is 2.88 bits per heavy atom. The van der Waals surface area contributed by atoms with Crippen LogP contribution in [0.15, 0.2) is 23.4 Å². The molecular weight excluding hydrogens is 244 g/mol. The third-order valence-corrected chi connectivity index (χ3v) is 2.96. The first-order valence-electron chi connectivity index (χ1n) is 4.93. The molecule has 0 aliphatic carbocycles. The van der Waals surface area contributed by atoms with Crippen LogP contribution in [-0.4, -0.2) is 28.7 Å². The number of ether oxygens (including phenoxy) is 1. The molecule has 0 spiro atoms. The van der Waals surface area contributed by atoms with E-state index in [0.717, 1.165) is 5.75 Å². The van der Waals surface area contributed by atoms with E-state index in [2.05, 4.69) is 9.72 Å². The highest BCUT2D eigenvalue weighted by Crippen LogP contribution is 2.19. The van der Waals surface area contributed by atoms with Crippen LogP contribution < -0.4 is 0 Å². The molecule has 0 amide bonds. The van der Waals surface area contributed by atoms with E-state index in [1.165, 1.54) is 31.1 Å². The van der Waals surface area contributed by atoms with Crippen LogP contribution in [-0.2, 0) is 9.53 Å². The molecule has 1 heterocycles. The van der Waals surface area contributed by atoms with Gasteiger partial charge in [-0.05, 0) is 12.5 Å². The predicted molar refractivity (Wildman–Crippen MR) is 62.9 cm³/mol. The normalized spacial score (nSPS) is 9.94. The molecule has 0 N–H and O–H groups in total. The van der Waals surface area contributed by atoms with Gasteiger partial charge in [0.25, 0.3) is 5.69 Å². The van der Waals surface area contributed by atoms with Gasteiger partial charge in [0.15, 0.2) is 0 Å². The average molecular weight is 256 g/mol. The van der Waals surface area contributed by atoms with Crippen molar-refractivity contribution in [2.24, 2.45) is 0 Å². The minimum Gasteiger partial charge on any atom is -0.469 e. The van der Waals surface area contributed by atoms with E-state index in [9.17, 15) is 14.9 Å². The quantitative estimate of drug-likeness (QED) is 0.254. The fraction of sp³-hybridized carbons (Fsp3) is 0.400. The van der Waals surface area contributed by atoms with Crippen molar-refractivity contribution in [2.45, 2.75) is 17.9 Å². The second-order valence-electron chi connectivity index (χ2n) is 3.14. The molecule has 0 unspecified atom stereocenters. The molecule has 0 bridgehead atoms. The highest BCUT2D eigenvalue weighted by Gasteiger charge is 2.05. The van der Waals surface area contributed by atoms with Gasteiger partial charge in [0.2, 0.25) is 0 Å². The topological polar surface area (TPSA) is 82.3 Å². The minimum atomic E-state index is -0.487. The Bertz CT molecular complexity index is 394. The predicted octanol–water partition coefficient (Wildman–Crippen LogP) is 2.04. The fourth-order valence-electron chi connectivity index (χ4n) is 1.06. The lowest BCUT2D eigenvalue weighted by atomic mass is 10.3. The lowest BCUT2D eigenvalue weighted by molar-refractivity contribution is -0.385. The van der Waals surface area contributed by atoms with Crippen molar-refractivity contribution in [1.29, 1.82) is 0 Å². The highest BCUT2D eigenvalue weighted by molar-refractivity contribution is 7.99. The largest absolute Gasteiger partial charge is 0.469 e. The molecule has 0 aromatic carbocycles. The number of carbonyl (C=O) groups is 1. The monoisotopic (exact) mass is 256 g/mol. The van der Waals surface area contributed by atoms with Gasteiger partial charge in [-0.1, -0.05) is 0 Å². The Morgan fingerprint density at radius 2 is 2.35 bits per heavy atom. The van der Waals surface area contributed by atoms with Crippen molar-refractivity contribution in [3.8, 4) is 0 Å². The SMILES string of the molecule is COC(=O)CCCSc1ccc([N+](=O)[O-])cn1. The summed E-state index contributed by atoms with van der Waals surface area (Å²) >= 11 is 1.45. The number of nitrogens with zero attached hydrogens (tertiary/aromatic N) is 2. The summed E-state index contributed by atoms with van der Waals surface area (Å²) in [5.41, 5.74) is -0.0242. The molecule has 0 saturated heterocycles. The number of methoxy groups -OCH3 is 1. The van der Waals surface area contributed by atoms with Crippen LogP contribution in [0.1, 0.15) is 12.8 Å². The molecule has 1 aromatic rings. The van der Waals surface area contributed by atoms with Crippen LogP contribution in [0.4, 0.5) is 5.69 Å². The summed E-state index contributed by atoms with van der Waals surface area (Å²) in [6.45, 7) is 0. The number of nitro groups is 1. The van der Waals surface area contributed by atoms with Crippen molar-refractivity contribution in [1.82, 2.24) is 4.98 Å². The van der Waals surface area contributed by atoms with Gasteiger partial charge >= 0.3 is 5.97 Å². The Kier molecular flexibility index (Phi) is 5.41. The third-order valence-electron chi connectivity index (χ3n) is 1.93. The molecule has 92 valence electrons. The maximum Gasteiger partial charge on any atom is 0.305 e. The zero-order chi connectivity index (χ0) is 12.7. The first-order chi connectivity index (χ1) is 8.13. The summed E-state index contributed by atoms with van der Waals surface area (Å²) in [6.07, 6.45) is 2.29. The number of thioether (sulfide) groups is 1. The minimum absolute atomic E-state index is 0.0242. The molecule has 0 aliphatic rings. The summed E-state index contributed by atoms with van der Waals surface area (Å²) in [5, 5.41) is 11.1. The summed E-state index contributed by atoms with van der Waals surface area (Å²) in [4.78, 5) is 24.7. The van der Waals surface area contributed by atoms with Gasteiger partial charge in [-0.15, -0.1) is 11.8 Å². The van der Waals surface area contributed by atoms with Gasteiger partial charge in [0.05, 0.1) is 17.1 Å². The molecule has 1 rings (SSSR count). The summed E-state index contributed by atoms with van der Waals surface area (Å²) in [6, 6.07) is 3.01. The van der Waals surface area contributed by atoms with Crippen LogP contribution >= 0.6 is 11.8 Å². The maximum absolute atomic E-state index is 10.8. The summed E-state index contributed by atoms with van der Waals surface area (Å²) in [5.74, 6) is 0.488. The number of pyridine rings is 1. The van der Waals surface area contributed by atoms with E-state index >= 15 is 0 Å². The van der Waals surface area contributed by atoms with E-state index in [-0.39, 0.29) is 11.7 Å². The zero-order valence-corrected chi connectivity index (χ0v) is 10.1. The Labute approximate surface area is 103 Å². The molecule has 6 nitrogen and oxygen atoms in total. The number of rotatable bonds is 6. The number of carbonyl (C=O) groups excluding carboxylic acids is 1. The summed E-state index contributed by atoms with van der Waals surface area (Å²) < 4.78 is 4.51. The van der Waals surface area contributed by atoms with Gasteiger partial charge in [-0.3, -0.25) is 14.9 Å². The number of esters is 1. The van der Waals surface area contributed by atoms with Crippen LogP contribution in [0, 0.1) is 10.1 Å². The third kappa shape index (κ3) is 4.81. The second-order valence-corrected chi connectivity index (χ2v) is 4.26. The molecule has 0 radical (unpaired) electrons. The number of aromatic nitrogens is 1. The molecule has 0 fully saturated rings. The van der Waals surface area contributed by atoms with E-state index < -0.39 is 4.92 Å². The van der Waals surface area contributed by atoms with Crippen molar-refractivity contribution in [2.75, 3.05) is 12.9 Å². The van der Waals surface area contributed by atoms with E-state index in [4.69, 9.17) is 0 Å². The Hall–Kier alpha value is -1.63. The van der Waals surface area contributed by atoms with E-state index in [1.54, 1.807) is 6.07 Å². The molecule has 1 aromatic heterocycles. The fourth-order valence-corrected chi connectivity index (χ4v) is 1.85. The Morgan fingerprint density at radius 1 is 1.59 bits per heavy atom. The first-order valence-corrected chi connectivity index (χ1v) is 5.92.